The van der Waals surface area contributed by atoms with Crippen molar-refractivity contribution in [3.63, 3.8) is 0 Å². The minimum absolute atomic E-state index is 0.0869. The Morgan fingerprint density at radius 1 is 0.404 bits per heavy atom. The molecular formula is C32H63NO14. The zero-order valence-electron chi connectivity index (χ0n) is 30.0. The van der Waals surface area contributed by atoms with Gasteiger partial charge in [-0.3, -0.25) is 0 Å². The molecule has 0 saturated carbocycles. The highest BCUT2D eigenvalue weighted by Crippen LogP contribution is 2.09. The van der Waals surface area contributed by atoms with Crippen LogP contribution in [0.2, 0.25) is 0 Å². The number of likely N-dealkylation sites (N-methyl/N-ethyl adjacent to an activating group) is 1. The highest BCUT2D eigenvalue weighted by Gasteiger charge is 2.19. The zero-order valence-corrected chi connectivity index (χ0v) is 30.0. The highest BCUT2D eigenvalue weighted by molar-refractivity contribution is 5.71. The molecule has 0 saturated heterocycles. The lowest BCUT2D eigenvalue weighted by molar-refractivity contribution is -0.160. The van der Waals surface area contributed by atoms with E-state index in [0.717, 1.165) is 0 Å². The molecule has 0 aromatic rings. The van der Waals surface area contributed by atoms with Crippen LogP contribution >= 0.6 is 0 Å². The molecule has 0 aromatic heterocycles. The molecule has 280 valence electrons. The van der Waals surface area contributed by atoms with Gasteiger partial charge in [0.1, 0.15) is 17.8 Å². The van der Waals surface area contributed by atoms with Crippen LogP contribution < -0.4 is 0 Å². The predicted octanol–water partition coefficient (Wildman–Crippen LogP) is 2.36. The van der Waals surface area contributed by atoms with Crippen LogP contribution in [0.1, 0.15) is 41.5 Å². The van der Waals surface area contributed by atoms with Crippen molar-refractivity contribution in [1.82, 2.24) is 4.90 Å². The Balaban J connectivity index is 3.19. The highest BCUT2D eigenvalue weighted by atomic mass is 16.6. The molecule has 0 unspecified atom stereocenters. The smallest absolute Gasteiger partial charge is 0.410 e. The molecule has 0 radical (unpaired) electrons. The maximum absolute atomic E-state index is 11.8. The van der Waals surface area contributed by atoms with E-state index in [1.165, 1.54) is 4.90 Å². The van der Waals surface area contributed by atoms with Gasteiger partial charge in [0.15, 0.2) is 0 Å². The average molecular weight is 686 g/mol. The maximum Gasteiger partial charge on any atom is 0.410 e. The summed E-state index contributed by atoms with van der Waals surface area (Å²) in [5.41, 5.74) is -1.03. The molecule has 0 atom stereocenters. The van der Waals surface area contributed by atoms with Crippen LogP contribution in [0, 0.1) is 0 Å². The van der Waals surface area contributed by atoms with Crippen LogP contribution in [0.3, 0.4) is 0 Å². The summed E-state index contributed by atoms with van der Waals surface area (Å²) in [6.07, 6.45) is -0.368. The van der Waals surface area contributed by atoms with Gasteiger partial charge in [-0.1, -0.05) is 0 Å². The van der Waals surface area contributed by atoms with E-state index in [1.54, 1.807) is 7.05 Å². The number of nitrogens with zero attached hydrogens (tertiary/aromatic N) is 1. The number of carbonyl (C=O) groups is 2. The second-order valence-electron chi connectivity index (χ2n) is 12.1. The molecule has 0 aliphatic carbocycles. The van der Waals surface area contributed by atoms with Crippen molar-refractivity contribution in [1.29, 1.82) is 0 Å². The monoisotopic (exact) mass is 685 g/mol. The maximum atomic E-state index is 11.8. The number of rotatable bonds is 32. The molecule has 1 amide bonds. The first-order valence-corrected chi connectivity index (χ1v) is 16.3. The number of ether oxygens (including phenoxy) is 12. The summed E-state index contributed by atoms with van der Waals surface area (Å²) >= 11 is 0. The van der Waals surface area contributed by atoms with Gasteiger partial charge in [0.05, 0.1) is 126 Å². The summed E-state index contributed by atoms with van der Waals surface area (Å²) in [5.74, 6) is -0.390. The van der Waals surface area contributed by atoms with Crippen molar-refractivity contribution in [2.75, 3.05) is 146 Å². The minimum atomic E-state index is -0.514. The van der Waals surface area contributed by atoms with Crippen molar-refractivity contribution in [3.05, 3.63) is 0 Å². The summed E-state index contributed by atoms with van der Waals surface area (Å²) in [6, 6.07) is 0. The van der Waals surface area contributed by atoms with Crippen LogP contribution in [0.15, 0.2) is 0 Å². The quantitative estimate of drug-likeness (QED) is 0.0754. The normalized spacial score (nSPS) is 12.0. The van der Waals surface area contributed by atoms with Gasteiger partial charge in [0.2, 0.25) is 0 Å². The Labute approximate surface area is 281 Å². The van der Waals surface area contributed by atoms with Crippen molar-refractivity contribution in [2.24, 2.45) is 0 Å². The summed E-state index contributed by atoms with van der Waals surface area (Å²) in [4.78, 5) is 24.8. The van der Waals surface area contributed by atoms with E-state index in [9.17, 15) is 9.59 Å². The minimum Gasteiger partial charge on any atom is -0.458 e. The SMILES string of the molecule is CN(CCOCCOCCOCCOCCOCCOCCOCCOCCOCCOCC(=O)OC(C)(C)C)C(=O)OC(C)(C)C. The van der Waals surface area contributed by atoms with Gasteiger partial charge < -0.3 is 61.7 Å². The molecule has 0 rings (SSSR count). The molecule has 15 nitrogen and oxygen atoms in total. The van der Waals surface area contributed by atoms with Crippen LogP contribution in [0.5, 0.6) is 0 Å². The molecule has 0 heterocycles. The van der Waals surface area contributed by atoms with Crippen molar-refractivity contribution < 1.29 is 66.4 Å². The van der Waals surface area contributed by atoms with E-state index < -0.39 is 17.2 Å². The molecule has 0 fully saturated rings. The fourth-order valence-electron chi connectivity index (χ4n) is 3.14. The van der Waals surface area contributed by atoms with E-state index in [1.807, 2.05) is 41.5 Å². The largest absolute Gasteiger partial charge is 0.458 e. The van der Waals surface area contributed by atoms with Crippen molar-refractivity contribution in [2.45, 2.75) is 52.7 Å². The number of hydrogen-bond donors (Lipinski definition) is 0. The summed E-state index contributed by atoms with van der Waals surface area (Å²) < 4.78 is 64.7. The van der Waals surface area contributed by atoms with E-state index in [2.05, 4.69) is 0 Å². The standard InChI is InChI=1S/C32H63NO14/c1-31(2,3)46-29(34)28-45-27-26-44-25-24-43-23-22-42-21-20-41-19-18-40-17-16-39-15-14-38-13-12-37-11-10-36-9-8-33(7)30(35)47-32(4,5)6/h8-28H2,1-7H3. The lowest BCUT2D eigenvalue weighted by Crippen LogP contribution is -2.36. The number of hydrogen-bond acceptors (Lipinski definition) is 14. The molecule has 0 aromatic carbocycles. The van der Waals surface area contributed by atoms with Crippen molar-refractivity contribution >= 4 is 12.1 Å². The third-order valence-corrected chi connectivity index (χ3v) is 5.26. The van der Waals surface area contributed by atoms with Gasteiger partial charge >= 0.3 is 12.1 Å². The Bertz CT molecular complexity index is 730. The van der Waals surface area contributed by atoms with E-state index >= 15 is 0 Å². The lowest BCUT2D eigenvalue weighted by atomic mass is 10.2. The lowest BCUT2D eigenvalue weighted by Gasteiger charge is -2.24. The molecule has 0 aliphatic heterocycles. The third-order valence-electron chi connectivity index (χ3n) is 5.26. The summed E-state index contributed by atoms with van der Waals surface area (Å²) in [5, 5.41) is 0. The Morgan fingerprint density at radius 2 is 0.660 bits per heavy atom. The van der Waals surface area contributed by atoms with Gasteiger partial charge in [-0.15, -0.1) is 0 Å². The second-order valence-corrected chi connectivity index (χ2v) is 12.1. The molecule has 0 bridgehead atoms. The van der Waals surface area contributed by atoms with Gasteiger partial charge in [-0.25, -0.2) is 9.59 Å². The fraction of sp³-hybridized carbons (Fsp3) is 0.938. The van der Waals surface area contributed by atoms with Gasteiger partial charge in [-0.05, 0) is 41.5 Å². The first-order chi connectivity index (χ1) is 22.4. The Kier molecular flexibility index (Phi) is 29.3. The van der Waals surface area contributed by atoms with Gasteiger partial charge in [-0.2, -0.15) is 0 Å². The zero-order chi connectivity index (χ0) is 35.1. The third kappa shape index (κ3) is 37.0. The fourth-order valence-corrected chi connectivity index (χ4v) is 3.14. The number of esters is 1. The summed E-state index contributed by atoms with van der Waals surface area (Å²) in [7, 11) is 1.68. The molecule has 0 aliphatic rings. The Hall–Kier alpha value is -1.66. The average Bonchev–Trinajstić information content (AvgIpc) is 2.98. The first-order valence-electron chi connectivity index (χ1n) is 16.3. The van der Waals surface area contributed by atoms with Crippen LogP contribution in [0.25, 0.3) is 0 Å². The van der Waals surface area contributed by atoms with Gasteiger partial charge in [0, 0.05) is 13.6 Å². The first kappa shape index (κ1) is 45.3. The van der Waals surface area contributed by atoms with Crippen LogP contribution in [-0.2, 0) is 61.6 Å². The van der Waals surface area contributed by atoms with Crippen LogP contribution in [0.4, 0.5) is 4.79 Å². The Morgan fingerprint density at radius 3 is 0.936 bits per heavy atom. The molecular weight excluding hydrogens is 622 g/mol. The number of amides is 1. The molecule has 0 spiro atoms. The number of carbonyl (C=O) groups excluding carboxylic acids is 2. The molecule has 47 heavy (non-hydrogen) atoms. The van der Waals surface area contributed by atoms with Gasteiger partial charge in [0.25, 0.3) is 0 Å². The van der Waals surface area contributed by atoms with E-state index in [4.69, 9.17) is 56.8 Å². The van der Waals surface area contributed by atoms with Crippen LogP contribution in [-0.4, -0.2) is 174 Å². The van der Waals surface area contributed by atoms with E-state index in [0.29, 0.717) is 132 Å². The molecule has 0 N–H and O–H groups in total. The molecule has 15 heteroatoms. The van der Waals surface area contributed by atoms with E-state index in [-0.39, 0.29) is 12.7 Å². The summed E-state index contributed by atoms with van der Waals surface area (Å²) in [6.45, 7) is 19.9. The topological polar surface area (TPSA) is 148 Å². The van der Waals surface area contributed by atoms with Crippen molar-refractivity contribution in [3.8, 4) is 0 Å². The predicted molar refractivity (Wildman–Crippen MR) is 173 cm³/mol. The second kappa shape index (κ2) is 30.4.